The summed E-state index contributed by atoms with van der Waals surface area (Å²) >= 11 is 4.64. The standard InChI is InChI=1S/C10H16O.C7H8N2S/c1-9(2)7-4-5-10(9,3)8(11)6-7;8-7(10)9-6-4-2-1-3-5-6/h7H,4-6H2,1-3H3;1-5H,(H3,8,9,10). The van der Waals surface area contributed by atoms with Crippen molar-refractivity contribution in [1.29, 1.82) is 0 Å². The smallest absolute Gasteiger partial charge is 0.168 e. The molecule has 0 amide bonds. The van der Waals surface area contributed by atoms with Crippen molar-refractivity contribution in [1.82, 2.24) is 0 Å². The number of hydrogen-bond donors (Lipinski definition) is 2. The third kappa shape index (κ3) is 2.95. The number of rotatable bonds is 1. The van der Waals surface area contributed by atoms with Gasteiger partial charge in [0.15, 0.2) is 5.11 Å². The van der Waals surface area contributed by atoms with E-state index in [1.54, 1.807) is 0 Å². The van der Waals surface area contributed by atoms with Gasteiger partial charge in [0.25, 0.3) is 0 Å². The number of nitrogens with one attached hydrogen (secondary N) is 1. The Labute approximate surface area is 132 Å². The zero-order valence-corrected chi connectivity index (χ0v) is 13.8. The number of ketones is 1. The number of thiocarbonyl (C=S) groups is 1. The van der Waals surface area contributed by atoms with Gasteiger partial charge in [-0.3, -0.25) is 4.79 Å². The molecular weight excluding hydrogens is 280 g/mol. The number of Topliss-reactive ketones (excluding diaryl/α,β-unsaturated/α-hetero) is 1. The number of fused-ring (bicyclic) bond motifs is 2. The van der Waals surface area contributed by atoms with Gasteiger partial charge in [-0.1, -0.05) is 39.0 Å². The normalized spacial score (nSPS) is 28.7. The maximum Gasteiger partial charge on any atom is 0.168 e. The molecule has 0 radical (unpaired) electrons. The third-order valence-electron chi connectivity index (χ3n) is 5.52. The average molecular weight is 304 g/mol. The minimum atomic E-state index is 0.0255. The van der Waals surface area contributed by atoms with Crippen LogP contribution in [0.15, 0.2) is 30.3 Å². The first kappa shape index (κ1) is 16.0. The fraction of sp³-hybridized carbons (Fsp3) is 0.529. The molecule has 4 heteroatoms. The average Bonchev–Trinajstić information content (AvgIpc) is 2.73. The van der Waals surface area contributed by atoms with Crippen LogP contribution in [-0.4, -0.2) is 10.9 Å². The number of carbonyl (C=O) groups is 1. The maximum absolute atomic E-state index is 11.6. The third-order valence-corrected chi connectivity index (χ3v) is 5.63. The highest BCUT2D eigenvalue weighted by atomic mass is 32.1. The Balaban J connectivity index is 0.000000155. The fourth-order valence-electron chi connectivity index (χ4n) is 3.57. The van der Waals surface area contributed by atoms with Crippen molar-refractivity contribution in [2.24, 2.45) is 22.5 Å². The van der Waals surface area contributed by atoms with Crippen molar-refractivity contribution in [2.75, 3.05) is 5.32 Å². The molecule has 3 nitrogen and oxygen atoms in total. The van der Waals surface area contributed by atoms with Gasteiger partial charge in [-0.2, -0.15) is 0 Å². The largest absolute Gasteiger partial charge is 0.376 e. The van der Waals surface area contributed by atoms with E-state index in [9.17, 15) is 4.79 Å². The van der Waals surface area contributed by atoms with Crippen LogP contribution in [0.2, 0.25) is 0 Å². The van der Waals surface area contributed by atoms with Crippen molar-refractivity contribution in [3.63, 3.8) is 0 Å². The molecule has 2 unspecified atom stereocenters. The van der Waals surface area contributed by atoms with Crippen molar-refractivity contribution >= 4 is 28.8 Å². The van der Waals surface area contributed by atoms with Crippen LogP contribution in [0.5, 0.6) is 0 Å². The SMILES string of the molecule is CC12CCC(CC1=O)C2(C)C.NC(=S)Nc1ccccc1. The van der Waals surface area contributed by atoms with Gasteiger partial charge in [-0.25, -0.2) is 0 Å². The van der Waals surface area contributed by atoms with E-state index in [-0.39, 0.29) is 10.8 Å². The van der Waals surface area contributed by atoms with E-state index in [4.69, 9.17) is 5.73 Å². The first-order chi connectivity index (χ1) is 9.77. The highest BCUT2D eigenvalue weighted by Crippen LogP contribution is 2.63. The predicted molar refractivity (Wildman–Crippen MR) is 91.1 cm³/mol. The predicted octanol–water partition coefficient (Wildman–Crippen LogP) is 3.74. The molecule has 2 saturated carbocycles. The minimum absolute atomic E-state index is 0.0255. The molecule has 21 heavy (non-hydrogen) atoms. The molecule has 2 atom stereocenters. The van der Waals surface area contributed by atoms with Crippen molar-refractivity contribution < 1.29 is 4.79 Å². The van der Waals surface area contributed by atoms with Crippen LogP contribution in [-0.2, 0) is 4.79 Å². The number of benzene rings is 1. The molecule has 114 valence electrons. The van der Waals surface area contributed by atoms with Gasteiger partial charge in [-0.05, 0) is 48.5 Å². The van der Waals surface area contributed by atoms with Gasteiger partial charge in [-0.15, -0.1) is 0 Å². The van der Waals surface area contributed by atoms with Crippen LogP contribution >= 0.6 is 12.2 Å². The number of anilines is 1. The zero-order valence-electron chi connectivity index (χ0n) is 13.0. The molecular formula is C17H24N2OS. The molecule has 1 aromatic carbocycles. The van der Waals surface area contributed by atoms with Crippen LogP contribution in [0.1, 0.15) is 40.0 Å². The lowest BCUT2D eigenvalue weighted by Crippen LogP contribution is -2.32. The zero-order chi connectivity index (χ0) is 15.7. The summed E-state index contributed by atoms with van der Waals surface area (Å²) in [7, 11) is 0. The second-order valence-electron chi connectivity index (χ2n) is 6.77. The van der Waals surface area contributed by atoms with Gasteiger partial charge in [0, 0.05) is 17.5 Å². The van der Waals surface area contributed by atoms with E-state index in [2.05, 4.69) is 38.3 Å². The van der Waals surface area contributed by atoms with E-state index in [0.717, 1.165) is 18.5 Å². The van der Waals surface area contributed by atoms with E-state index < -0.39 is 0 Å². The molecule has 2 aliphatic rings. The lowest BCUT2D eigenvalue weighted by atomic mass is 9.70. The summed E-state index contributed by atoms with van der Waals surface area (Å²) in [5.41, 5.74) is 6.48. The number of para-hydroxylation sites is 1. The van der Waals surface area contributed by atoms with Crippen LogP contribution in [0.25, 0.3) is 0 Å². The lowest BCUT2D eigenvalue weighted by molar-refractivity contribution is -0.128. The Bertz CT molecular complexity index is 541. The summed E-state index contributed by atoms with van der Waals surface area (Å²) in [4.78, 5) is 11.6. The highest BCUT2D eigenvalue weighted by molar-refractivity contribution is 7.80. The van der Waals surface area contributed by atoms with Crippen LogP contribution in [0.3, 0.4) is 0 Å². The van der Waals surface area contributed by atoms with Crippen molar-refractivity contribution in [3.05, 3.63) is 30.3 Å². The Hall–Kier alpha value is -1.42. The molecule has 0 spiro atoms. The molecule has 0 aliphatic heterocycles. The molecule has 2 bridgehead atoms. The van der Waals surface area contributed by atoms with E-state index in [0.29, 0.717) is 16.8 Å². The van der Waals surface area contributed by atoms with Crippen molar-refractivity contribution in [3.8, 4) is 0 Å². The minimum Gasteiger partial charge on any atom is -0.376 e. The molecule has 1 aromatic rings. The van der Waals surface area contributed by atoms with Gasteiger partial charge >= 0.3 is 0 Å². The van der Waals surface area contributed by atoms with Gasteiger partial charge in [0.05, 0.1) is 0 Å². The lowest BCUT2D eigenvalue weighted by Gasteiger charge is -2.32. The summed E-state index contributed by atoms with van der Waals surface area (Å²) in [6.45, 7) is 6.67. The van der Waals surface area contributed by atoms with E-state index in [1.807, 2.05) is 30.3 Å². The van der Waals surface area contributed by atoms with E-state index >= 15 is 0 Å². The molecule has 0 saturated heterocycles. The van der Waals surface area contributed by atoms with Gasteiger partial charge < -0.3 is 11.1 Å². The summed E-state index contributed by atoms with van der Waals surface area (Å²) in [6, 6.07) is 9.57. The Kier molecular flexibility index (Phi) is 4.38. The summed E-state index contributed by atoms with van der Waals surface area (Å²) < 4.78 is 0. The first-order valence-corrected chi connectivity index (χ1v) is 7.83. The second-order valence-corrected chi connectivity index (χ2v) is 7.21. The quantitative estimate of drug-likeness (QED) is 0.776. The van der Waals surface area contributed by atoms with Crippen LogP contribution < -0.4 is 11.1 Å². The number of hydrogen-bond acceptors (Lipinski definition) is 2. The van der Waals surface area contributed by atoms with E-state index in [1.165, 1.54) is 6.42 Å². The number of nitrogens with two attached hydrogens (primary N) is 1. The summed E-state index contributed by atoms with van der Waals surface area (Å²) in [5, 5.41) is 3.11. The Morgan fingerprint density at radius 2 is 1.90 bits per heavy atom. The molecule has 2 aliphatic carbocycles. The topological polar surface area (TPSA) is 55.1 Å². The summed E-state index contributed by atoms with van der Waals surface area (Å²) in [6.07, 6.45) is 3.25. The molecule has 0 heterocycles. The second kappa shape index (κ2) is 5.76. The van der Waals surface area contributed by atoms with Gasteiger partial charge in [0.1, 0.15) is 5.78 Å². The molecule has 3 rings (SSSR count). The van der Waals surface area contributed by atoms with Gasteiger partial charge in [0.2, 0.25) is 0 Å². The molecule has 0 aromatic heterocycles. The Morgan fingerprint density at radius 3 is 2.24 bits per heavy atom. The van der Waals surface area contributed by atoms with Crippen LogP contribution in [0, 0.1) is 16.7 Å². The molecule has 3 N–H and O–H groups in total. The molecule has 2 fully saturated rings. The highest BCUT2D eigenvalue weighted by Gasteiger charge is 2.61. The fourth-order valence-corrected chi connectivity index (χ4v) is 3.68. The monoisotopic (exact) mass is 304 g/mol. The number of carbonyl (C=O) groups excluding carboxylic acids is 1. The maximum atomic E-state index is 11.6. The summed E-state index contributed by atoms with van der Waals surface area (Å²) in [5.74, 6) is 1.19. The first-order valence-electron chi connectivity index (χ1n) is 7.42. The Morgan fingerprint density at radius 1 is 1.29 bits per heavy atom. The van der Waals surface area contributed by atoms with Crippen LogP contribution in [0.4, 0.5) is 5.69 Å². The van der Waals surface area contributed by atoms with Crippen molar-refractivity contribution in [2.45, 2.75) is 40.0 Å².